The second-order valence-corrected chi connectivity index (χ2v) is 13.7. The summed E-state index contributed by atoms with van der Waals surface area (Å²) >= 11 is 0. The third kappa shape index (κ3) is 5.52. The highest BCUT2D eigenvalue weighted by Crippen LogP contribution is 2.53. The van der Waals surface area contributed by atoms with Gasteiger partial charge in [0.05, 0.1) is 0 Å². The van der Waals surface area contributed by atoms with Gasteiger partial charge in [0.25, 0.3) is 0 Å². The smallest absolute Gasteiger partial charge is 0.344 e. The van der Waals surface area contributed by atoms with E-state index in [1.165, 1.54) is 46.8 Å². The summed E-state index contributed by atoms with van der Waals surface area (Å²) in [6.07, 6.45) is 7.21. The maximum Gasteiger partial charge on any atom is 0.344 e. The summed E-state index contributed by atoms with van der Waals surface area (Å²) in [4.78, 5) is 17.1. The molecule has 0 N–H and O–H groups in total. The third-order valence-corrected chi connectivity index (χ3v) is 11.3. The zero-order chi connectivity index (χ0) is 26.7. The number of carbonyl (C=O) groups is 1. The van der Waals surface area contributed by atoms with Crippen LogP contribution >= 0.6 is 10.9 Å². The molecule has 38 heavy (non-hydrogen) atoms. The van der Waals surface area contributed by atoms with E-state index in [9.17, 15) is 4.79 Å². The molecular formula is C34H42O3S. The molecule has 0 aliphatic heterocycles. The lowest BCUT2D eigenvalue weighted by Crippen LogP contribution is -2.52. The van der Waals surface area contributed by atoms with Crippen LogP contribution < -0.4 is 4.74 Å². The lowest BCUT2D eigenvalue weighted by atomic mass is 9.59. The second kappa shape index (κ2) is 11.6. The molecule has 2 aliphatic rings. The van der Waals surface area contributed by atoms with E-state index >= 15 is 0 Å². The van der Waals surface area contributed by atoms with Gasteiger partial charge in [-0.1, -0.05) is 56.2 Å². The molecule has 202 valence electrons. The highest BCUT2D eigenvalue weighted by molar-refractivity contribution is 8.17. The van der Waals surface area contributed by atoms with Gasteiger partial charge in [-0.2, -0.15) is 10.9 Å². The van der Waals surface area contributed by atoms with Crippen LogP contribution in [-0.2, 0) is 9.53 Å². The van der Waals surface area contributed by atoms with Gasteiger partial charge in [0, 0.05) is 0 Å². The maximum atomic E-state index is 13.1. The minimum absolute atomic E-state index is 0.0463. The van der Waals surface area contributed by atoms with Crippen molar-refractivity contribution >= 4 is 16.9 Å². The van der Waals surface area contributed by atoms with Crippen molar-refractivity contribution in [3.63, 3.8) is 0 Å². The first-order chi connectivity index (χ1) is 18.4. The van der Waals surface area contributed by atoms with Gasteiger partial charge >= 0.3 is 5.97 Å². The first-order valence-electron chi connectivity index (χ1n) is 14.2. The summed E-state index contributed by atoms with van der Waals surface area (Å²) in [5, 5.41) is 0. The van der Waals surface area contributed by atoms with Crippen molar-refractivity contribution in [2.24, 2.45) is 17.8 Å². The Labute approximate surface area is 231 Å². The summed E-state index contributed by atoms with van der Waals surface area (Å²) in [6.45, 7) is 8.54. The summed E-state index contributed by atoms with van der Waals surface area (Å²) in [5.41, 5.74) is 1.73. The summed E-state index contributed by atoms with van der Waals surface area (Å²) < 4.78 is 12.5. The van der Waals surface area contributed by atoms with E-state index in [0.29, 0.717) is 11.8 Å². The SMILES string of the molecule is CCC1CC2CCCC(C2)C1(C)OC(=O)COc1c(C)cc([SH](c2ccccc2)c2ccccc2)cc1C. The zero-order valence-electron chi connectivity index (χ0n) is 23.3. The van der Waals surface area contributed by atoms with Gasteiger partial charge in [-0.05, 0) is 126 Å². The topological polar surface area (TPSA) is 35.5 Å². The van der Waals surface area contributed by atoms with Gasteiger partial charge in [-0.15, -0.1) is 0 Å². The Kier molecular flexibility index (Phi) is 8.18. The molecule has 3 aromatic carbocycles. The zero-order valence-corrected chi connectivity index (χ0v) is 24.2. The predicted molar refractivity (Wildman–Crippen MR) is 156 cm³/mol. The first-order valence-corrected chi connectivity index (χ1v) is 15.6. The molecule has 2 fully saturated rings. The fraction of sp³-hybridized carbons (Fsp3) is 0.441. The van der Waals surface area contributed by atoms with Crippen LogP contribution in [0.3, 0.4) is 0 Å². The minimum atomic E-state index is -0.691. The van der Waals surface area contributed by atoms with E-state index in [-0.39, 0.29) is 18.2 Å². The van der Waals surface area contributed by atoms with Crippen molar-refractivity contribution in [1.29, 1.82) is 0 Å². The second-order valence-electron chi connectivity index (χ2n) is 11.4. The molecule has 3 nitrogen and oxygen atoms in total. The molecule has 0 radical (unpaired) electrons. The van der Waals surface area contributed by atoms with Crippen molar-refractivity contribution in [2.75, 3.05) is 6.61 Å². The molecule has 4 atom stereocenters. The minimum Gasteiger partial charge on any atom is -0.481 e. The Bertz CT molecular complexity index is 1170. The van der Waals surface area contributed by atoms with E-state index in [4.69, 9.17) is 9.47 Å². The average Bonchev–Trinajstić information content (AvgIpc) is 2.92. The fourth-order valence-corrected chi connectivity index (χ4v) is 9.51. The number of hydrogen-bond acceptors (Lipinski definition) is 3. The molecule has 0 aromatic heterocycles. The summed E-state index contributed by atoms with van der Waals surface area (Å²) in [6, 6.07) is 25.9. The van der Waals surface area contributed by atoms with E-state index in [0.717, 1.165) is 29.2 Å². The highest BCUT2D eigenvalue weighted by atomic mass is 32.2. The lowest BCUT2D eigenvalue weighted by molar-refractivity contribution is -0.186. The molecule has 2 saturated carbocycles. The molecule has 2 aliphatic carbocycles. The van der Waals surface area contributed by atoms with Gasteiger partial charge in [-0.3, -0.25) is 0 Å². The van der Waals surface area contributed by atoms with Crippen molar-refractivity contribution < 1.29 is 14.3 Å². The number of aryl methyl sites for hydroxylation is 2. The van der Waals surface area contributed by atoms with Crippen LogP contribution in [0.4, 0.5) is 0 Å². The summed E-state index contributed by atoms with van der Waals surface area (Å²) in [7, 11) is -0.691. The molecule has 4 unspecified atom stereocenters. The van der Waals surface area contributed by atoms with E-state index in [1.54, 1.807) is 0 Å². The Morgan fingerprint density at radius 3 is 2.08 bits per heavy atom. The highest BCUT2D eigenvalue weighted by Gasteiger charge is 2.50. The molecule has 2 bridgehead atoms. The predicted octanol–water partition coefficient (Wildman–Crippen LogP) is 8.70. The average molecular weight is 531 g/mol. The molecular weight excluding hydrogens is 488 g/mol. The Balaban J connectivity index is 1.33. The number of ether oxygens (including phenoxy) is 2. The maximum absolute atomic E-state index is 13.1. The number of fused-ring (bicyclic) bond motifs is 2. The van der Waals surface area contributed by atoms with Crippen LogP contribution in [0.25, 0.3) is 0 Å². The largest absolute Gasteiger partial charge is 0.481 e. The molecule has 0 amide bonds. The molecule has 3 aromatic rings. The van der Waals surface area contributed by atoms with Crippen molar-refractivity contribution in [2.45, 2.75) is 86.5 Å². The molecule has 0 saturated heterocycles. The third-order valence-electron chi connectivity index (χ3n) is 8.91. The standard InChI is InChI=1S/C34H42O3S/c1-5-27-21-26-13-12-14-28(22-26)34(27,4)37-32(35)23-36-33-24(2)19-31(20-25(33)3)38(29-15-8-6-9-16-29)30-17-10-7-11-18-30/h6-11,15-20,26-28,38H,5,12-14,21-23H2,1-4H3. The number of benzene rings is 3. The van der Waals surface area contributed by atoms with Crippen molar-refractivity contribution in [3.05, 3.63) is 83.9 Å². The van der Waals surface area contributed by atoms with E-state index in [2.05, 4.69) is 100 Å². The van der Waals surface area contributed by atoms with E-state index in [1.807, 2.05) is 0 Å². The van der Waals surface area contributed by atoms with Gasteiger partial charge in [0.15, 0.2) is 6.61 Å². The number of hydrogen-bond donors (Lipinski definition) is 1. The molecule has 0 heterocycles. The van der Waals surface area contributed by atoms with Gasteiger partial charge < -0.3 is 9.47 Å². The Morgan fingerprint density at radius 2 is 1.50 bits per heavy atom. The molecule has 5 rings (SSSR count). The monoisotopic (exact) mass is 530 g/mol. The number of thiol groups is 1. The van der Waals surface area contributed by atoms with Crippen LogP contribution in [0.15, 0.2) is 87.5 Å². The Morgan fingerprint density at radius 1 is 0.895 bits per heavy atom. The molecule has 0 spiro atoms. The van der Waals surface area contributed by atoms with E-state index < -0.39 is 10.9 Å². The van der Waals surface area contributed by atoms with Crippen LogP contribution in [-0.4, -0.2) is 18.2 Å². The number of rotatable bonds is 8. The molecule has 4 heteroatoms. The Hall–Kier alpha value is -2.72. The van der Waals surface area contributed by atoms with Crippen molar-refractivity contribution in [3.8, 4) is 5.75 Å². The van der Waals surface area contributed by atoms with Crippen LogP contribution in [0.5, 0.6) is 5.75 Å². The van der Waals surface area contributed by atoms with Gasteiger partial charge in [0.2, 0.25) is 0 Å². The van der Waals surface area contributed by atoms with Crippen LogP contribution in [0.2, 0.25) is 0 Å². The van der Waals surface area contributed by atoms with Crippen LogP contribution in [0, 0.1) is 31.6 Å². The summed E-state index contributed by atoms with van der Waals surface area (Å²) in [5.74, 6) is 2.27. The van der Waals surface area contributed by atoms with Crippen LogP contribution in [0.1, 0.15) is 63.5 Å². The fourth-order valence-electron chi connectivity index (χ4n) is 7.03. The van der Waals surface area contributed by atoms with Crippen molar-refractivity contribution in [1.82, 2.24) is 0 Å². The number of esters is 1. The quantitative estimate of drug-likeness (QED) is 0.234. The van der Waals surface area contributed by atoms with Gasteiger partial charge in [-0.25, -0.2) is 4.79 Å². The van der Waals surface area contributed by atoms with Gasteiger partial charge in [0.1, 0.15) is 11.4 Å². The first kappa shape index (κ1) is 26.9. The number of carbonyl (C=O) groups excluding carboxylic acids is 1. The lowest BCUT2D eigenvalue weighted by Gasteiger charge is -2.51. The normalized spacial score (nSPS) is 24.9.